The lowest BCUT2D eigenvalue weighted by molar-refractivity contribution is -0.715. The van der Waals surface area contributed by atoms with Gasteiger partial charge in [0.1, 0.15) is 22.5 Å². The van der Waals surface area contributed by atoms with E-state index in [-0.39, 0.29) is 12.0 Å². The zero-order valence-corrected chi connectivity index (χ0v) is 40.3. The molecule has 10 aromatic rings. The van der Waals surface area contributed by atoms with E-state index in [4.69, 9.17) is 4.42 Å². The van der Waals surface area contributed by atoms with Crippen molar-refractivity contribution >= 4 is 51.9 Å². The van der Waals surface area contributed by atoms with Crippen molar-refractivity contribution in [2.45, 2.75) is 71.6 Å². The Kier molecular flexibility index (Phi) is 8.98. The highest BCUT2D eigenvalue weighted by Crippen LogP contribution is 2.55. The summed E-state index contributed by atoms with van der Waals surface area (Å²) < 4.78 is 15.3. The highest BCUT2D eigenvalue weighted by atomic mass is 28.3. The van der Waals surface area contributed by atoms with Crippen molar-refractivity contribution in [1.82, 2.24) is 4.57 Å². The molecule has 326 valence electrons. The maximum atomic E-state index is 7.23. The fraction of sp³-hybridized carbons (Fsp3) is 0.194. The minimum atomic E-state index is -1.73. The first-order valence-corrected chi connectivity index (χ1v) is 27.8. The van der Waals surface area contributed by atoms with Crippen LogP contribution in [0.4, 0.5) is 0 Å². The Morgan fingerprint density at radius 3 is 2.10 bits per heavy atom. The van der Waals surface area contributed by atoms with Gasteiger partial charge in [0, 0.05) is 33.2 Å². The van der Waals surface area contributed by atoms with Gasteiger partial charge in [-0.15, -0.1) is 0 Å². The number of benzene rings is 7. The lowest BCUT2D eigenvalue weighted by atomic mass is 9.79. The van der Waals surface area contributed by atoms with E-state index in [2.05, 4.69) is 224 Å². The minimum absolute atomic E-state index is 0.200. The van der Waals surface area contributed by atoms with Crippen molar-refractivity contribution in [3.05, 3.63) is 198 Å². The molecule has 0 radical (unpaired) electrons. The van der Waals surface area contributed by atoms with Gasteiger partial charge >= 0.3 is 5.82 Å². The number of nitrogens with zero attached hydrogens (tertiary/aromatic N) is 3. The lowest BCUT2D eigenvalue weighted by Crippen LogP contribution is -2.53. The molecule has 0 saturated heterocycles. The highest BCUT2D eigenvalue weighted by Gasteiger charge is 2.53. The molecule has 0 spiro atoms. The van der Waals surface area contributed by atoms with E-state index >= 15 is 0 Å². The predicted molar refractivity (Wildman–Crippen MR) is 279 cm³/mol. The fourth-order valence-electron chi connectivity index (χ4n) is 12.5. The summed E-state index contributed by atoms with van der Waals surface area (Å²) >= 11 is 0. The Hall–Kier alpha value is -7.08. The summed E-state index contributed by atoms with van der Waals surface area (Å²) in [5.41, 5.74) is 22.6. The molecule has 0 N–H and O–H groups in total. The van der Waals surface area contributed by atoms with Gasteiger partial charge in [-0.2, -0.15) is 13.7 Å². The largest absolute Gasteiger partial charge is 0.455 e. The number of aryl methyl sites for hydroxylation is 1. The zero-order chi connectivity index (χ0) is 45.3. The van der Waals surface area contributed by atoms with E-state index in [1.165, 1.54) is 94.7 Å². The average molecular weight is 886 g/mol. The fourth-order valence-corrected chi connectivity index (χ4v) is 14.1. The molecule has 0 amide bonds. The number of furan rings is 1. The maximum Gasteiger partial charge on any atom is 0.304 e. The van der Waals surface area contributed by atoms with Crippen LogP contribution < -0.4 is 14.3 Å². The number of fused-ring (bicyclic) bond motifs is 17. The molecule has 7 aromatic carbocycles. The normalized spacial score (nSPS) is 16.2. The molecule has 0 bridgehead atoms. The Morgan fingerprint density at radius 2 is 1.37 bits per heavy atom. The molecule has 2 aliphatic heterocycles. The summed E-state index contributed by atoms with van der Waals surface area (Å²) in [6.45, 7) is 14.6. The second-order valence-corrected chi connectivity index (χ2v) is 25.8. The van der Waals surface area contributed by atoms with Gasteiger partial charge in [-0.05, 0) is 88.9 Å². The van der Waals surface area contributed by atoms with Gasteiger partial charge in [0.15, 0.2) is 28.9 Å². The van der Waals surface area contributed by atoms with E-state index in [0.29, 0.717) is 5.92 Å². The van der Waals surface area contributed by atoms with E-state index in [9.17, 15) is 0 Å². The van der Waals surface area contributed by atoms with Gasteiger partial charge in [-0.3, -0.25) is 0 Å². The van der Waals surface area contributed by atoms with Crippen LogP contribution in [-0.2, 0) is 12.8 Å². The van der Waals surface area contributed by atoms with Crippen LogP contribution in [0.1, 0.15) is 54.5 Å². The number of hydrogen-bond acceptors (Lipinski definition) is 1. The Morgan fingerprint density at radius 1 is 0.716 bits per heavy atom. The van der Waals surface area contributed by atoms with Gasteiger partial charge in [0.2, 0.25) is 5.69 Å². The Balaban J connectivity index is 1.18. The second-order valence-electron chi connectivity index (χ2n) is 20.8. The lowest BCUT2D eigenvalue weighted by Gasteiger charge is -2.30. The van der Waals surface area contributed by atoms with Crippen LogP contribution in [0, 0.1) is 12.8 Å². The molecule has 0 fully saturated rings. The molecule has 3 aliphatic rings. The molecule has 67 heavy (non-hydrogen) atoms. The Bertz CT molecular complexity index is 3640. The van der Waals surface area contributed by atoms with Gasteiger partial charge in [-0.1, -0.05) is 167 Å². The maximum absolute atomic E-state index is 7.23. The summed E-state index contributed by atoms with van der Waals surface area (Å²) in [7, 11) is -1.73. The third-order valence-corrected chi connectivity index (χ3v) is 17.2. The van der Waals surface area contributed by atoms with Crippen molar-refractivity contribution in [1.29, 1.82) is 0 Å². The third kappa shape index (κ3) is 6.03. The van der Waals surface area contributed by atoms with Crippen LogP contribution in [-0.4, -0.2) is 12.6 Å². The number of hydrogen-bond donors (Lipinski definition) is 0. The number of imidazole rings is 1. The number of allylic oxidation sites excluding steroid dienone is 2. The van der Waals surface area contributed by atoms with Gasteiger partial charge in [0.25, 0.3) is 0 Å². The molecule has 0 saturated carbocycles. The van der Waals surface area contributed by atoms with Crippen LogP contribution in [0.5, 0.6) is 0 Å². The van der Waals surface area contributed by atoms with Crippen molar-refractivity contribution in [2.75, 3.05) is 0 Å². The first-order chi connectivity index (χ1) is 32.6. The number of aromatic nitrogens is 3. The molecular formula is C62H55N3OSi+2. The molecule has 2 atom stereocenters. The monoisotopic (exact) mass is 885 g/mol. The van der Waals surface area contributed by atoms with Crippen LogP contribution in [0.3, 0.4) is 0 Å². The topological polar surface area (TPSA) is 25.8 Å². The standard InChI is InChI=1S/C62H55N3OSi/c1-38(2)32-42-35-52-46-24-13-14-25-47(46)59-49-34-43-33-39(3)57-48-26-15-18-31-55(48)66-61(57)58(43)62-64(53(49)36-54(59)63(52)37-56(42)67(4,5)6)50-29-16-17-30-51(50)65(62)60-44(40-20-9-7-10-21-40)27-19-28-45(60)41-22-11-8-12-23-41/h7-31,33,35,37-38,54,59H,32,34,36H2,1-6H3/q+2. The predicted octanol–water partition coefficient (Wildman–Crippen LogP) is 14.3. The van der Waals surface area contributed by atoms with Crippen molar-refractivity contribution in [2.24, 2.45) is 5.92 Å². The SMILES string of the molecule is Cc1cc2c(c3oc4ccccc4c13)-c1n(-c3c(-c4ccccc4)cccc3-c3ccccc3)c3ccccc3[n+]1C1=C(C2)C2c3ccccc3-c3cc(CC(C)C)c([Si](C)(C)C)c[n+]3C2C1. The van der Waals surface area contributed by atoms with E-state index in [1.54, 1.807) is 5.19 Å². The van der Waals surface area contributed by atoms with Gasteiger partial charge in [-0.25, -0.2) is 0 Å². The number of rotatable bonds is 6. The van der Waals surface area contributed by atoms with E-state index < -0.39 is 8.07 Å². The molecular weight excluding hydrogens is 831 g/mol. The van der Waals surface area contributed by atoms with Crippen LogP contribution in [0.15, 0.2) is 180 Å². The van der Waals surface area contributed by atoms with Crippen LogP contribution in [0.2, 0.25) is 19.6 Å². The molecule has 2 unspecified atom stereocenters. The summed E-state index contributed by atoms with van der Waals surface area (Å²) in [5.74, 6) is 1.93. The Labute approximate surface area is 394 Å². The quantitative estimate of drug-likeness (QED) is 0.121. The van der Waals surface area contributed by atoms with E-state index in [1.807, 2.05) is 0 Å². The van der Waals surface area contributed by atoms with Crippen LogP contribution >= 0.6 is 0 Å². The zero-order valence-electron chi connectivity index (χ0n) is 39.3. The van der Waals surface area contributed by atoms with Crippen molar-refractivity contribution < 1.29 is 13.6 Å². The van der Waals surface area contributed by atoms with Gasteiger partial charge < -0.3 is 4.42 Å². The molecule has 13 rings (SSSR count). The molecule has 5 heterocycles. The summed E-state index contributed by atoms with van der Waals surface area (Å²) in [6.07, 6.45) is 5.47. The van der Waals surface area contributed by atoms with Gasteiger partial charge in [0.05, 0.1) is 26.0 Å². The van der Waals surface area contributed by atoms with Crippen molar-refractivity contribution in [3.63, 3.8) is 0 Å². The minimum Gasteiger partial charge on any atom is -0.455 e. The summed E-state index contributed by atoms with van der Waals surface area (Å²) in [4.78, 5) is 0. The molecule has 1 aliphatic carbocycles. The molecule has 5 heteroatoms. The first-order valence-electron chi connectivity index (χ1n) is 24.3. The number of para-hydroxylation sites is 4. The molecule has 3 aromatic heterocycles. The smallest absolute Gasteiger partial charge is 0.304 e. The van der Waals surface area contributed by atoms with E-state index in [0.717, 1.165) is 41.6 Å². The van der Waals surface area contributed by atoms with Crippen molar-refractivity contribution in [3.8, 4) is 50.6 Å². The summed E-state index contributed by atoms with van der Waals surface area (Å²) in [5, 5.41) is 3.95. The highest BCUT2D eigenvalue weighted by molar-refractivity contribution is 6.89. The molecule has 4 nitrogen and oxygen atoms in total. The summed E-state index contributed by atoms with van der Waals surface area (Å²) in [6, 6.07) is 61.3. The van der Waals surface area contributed by atoms with Crippen LogP contribution in [0.25, 0.3) is 89.3 Å². The third-order valence-electron chi connectivity index (χ3n) is 15.1. The second kappa shape index (κ2) is 15.0. The number of pyridine rings is 1. The average Bonchev–Trinajstić information content (AvgIpc) is 3.99. The first kappa shape index (κ1) is 40.2.